The lowest BCUT2D eigenvalue weighted by Crippen LogP contribution is -2.34. The summed E-state index contributed by atoms with van der Waals surface area (Å²) < 4.78 is 7.99. The molecule has 28 heavy (non-hydrogen) atoms. The Labute approximate surface area is 160 Å². The Morgan fingerprint density at radius 3 is 2.71 bits per heavy atom. The lowest BCUT2D eigenvalue weighted by atomic mass is 10.1. The standard InChI is InChI=1S/C20H19N3O5/c1-28-20(27)18-14-7-9-21(10-11-23(14)17(25)12-16(18)24)19(26)15-6-5-13-4-2-3-8-22(13)15/h2-6,8,12,24H,7,9-11H2,1H3. The third-order valence-corrected chi connectivity index (χ3v) is 5.07. The molecule has 1 amide bonds. The Morgan fingerprint density at radius 2 is 1.93 bits per heavy atom. The van der Waals surface area contributed by atoms with E-state index in [4.69, 9.17) is 4.74 Å². The molecule has 8 heteroatoms. The lowest BCUT2D eigenvalue weighted by molar-refractivity contribution is 0.0594. The van der Waals surface area contributed by atoms with Crippen LogP contribution in [-0.4, -0.2) is 51.1 Å². The number of hydrogen-bond acceptors (Lipinski definition) is 5. The molecule has 0 bridgehead atoms. The van der Waals surface area contributed by atoms with Crippen LogP contribution in [0.5, 0.6) is 5.75 Å². The minimum Gasteiger partial charge on any atom is -0.507 e. The number of esters is 1. The lowest BCUT2D eigenvalue weighted by Gasteiger charge is -2.19. The second kappa shape index (κ2) is 6.88. The van der Waals surface area contributed by atoms with Gasteiger partial charge in [-0.2, -0.15) is 0 Å². The Bertz CT molecular complexity index is 1140. The molecule has 1 N–H and O–H groups in total. The fourth-order valence-corrected chi connectivity index (χ4v) is 3.68. The number of aromatic hydroxyl groups is 1. The molecule has 0 unspecified atom stereocenters. The van der Waals surface area contributed by atoms with Crippen LogP contribution in [0.15, 0.2) is 47.4 Å². The van der Waals surface area contributed by atoms with Crippen LogP contribution in [0, 0.1) is 0 Å². The molecule has 0 saturated carbocycles. The number of fused-ring (bicyclic) bond motifs is 2. The van der Waals surface area contributed by atoms with Crippen molar-refractivity contribution in [2.45, 2.75) is 13.0 Å². The Balaban J connectivity index is 1.68. The Morgan fingerprint density at radius 1 is 1.11 bits per heavy atom. The molecular formula is C20H19N3O5. The molecule has 0 saturated heterocycles. The summed E-state index contributed by atoms with van der Waals surface area (Å²) in [5.41, 5.74) is 1.39. The van der Waals surface area contributed by atoms with E-state index in [1.54, 1.807) is 11.0 Å². The molecule has 8 nitrogen and oxygen atoms in total. The quantitative estimate of drug-likeness (QED) is 0.676. The highest BCUT2D eigenvalue weighted by Gasteiger charge is 2.27. The zero-order chi connectivity index (χ0) is 19.8. The monoisotopic (exact) mass is 381 g/mol. The maximum absolute atomic E-state index is 13.1. The number of aromatic nitrogens is 2. The van der Waals surface area contributed by atoms with Crippen molar-refractivity contribution < 1.29 is 19.4 Å². The van der Waals surface area contributed by atoms with Crippen LogP contribution < -0.4 is 5.56 Å². The van der Waals surface area contributed by atoms with E-state index in [0.717, 1.165) is 11.6 Å². The van der Waals surface area contributed by atoms with Gasteiger partial charge in [-0.15, -0.1) is 0 Å². The number of carbonyl (C=O) groups is 2. The summed E-state index contributed by atoms with van der Waals surface area (Å²) in [4.78, 5) is 39.2. The van der Waals surface area contributed by atoms with E-state index in [1.165, 1.54) is 11.7 Å². The SMILES string of the molecule is COC(=O)c1c(O)cc(=O)n2c1CCN(C(=O)c1ccc3ccccn13)CC2. The smallest absolute Gasteiger partial charge is 0.343 e. The fourth-order valence-electron chi connectivity index (χ4n) is 3.68. The number of amides is 1. The van der Waals surface area contributed by atoms with Crippen molar-refractivity contribution >= 4 is 17.4 Å². The van der Waals surface area contributed by atoms with Gasteiger partial charge in [0.15, 0.2) is 0 Å². The van der Waals surface area contributed by atoms with E-state index in [2.05, 4.69) is 0 Å². The van der Waals surface area contributed by atoms with Gasteiger partial charge >= 0.3 is 5.97 Å². The third kappa shape index (κ3) is 2.83. The number of nitrogens with zero attached hydrogens (tertiary/aromatic N) is 3. The molecule has 0 atom stereocenters. The first-order chi connectivity index (χ1) is 13.5. The van der Waals surface area contributed by atoms with Crippen LogP contribution in [-0.2, 0) is 17.7 Å². The molecule has 0 aliphatic carbocycles. The van der Waals surface area contributed by atoms with Gasteiger partial charge in [0.05, 0.1) is 7.11 Å². The predicted octanol–water partition coefficient (Wildman–Crippen LogP) is 1.29. The van der Waals surface area contributed by atoms with Crippen molar-refractivity contribution in [3.63, 3.8) is 0 Å². The number of methoxy groups -OCH3 is 1. The number of rotatable bonds is 2. The molecule has 4 rings (SSSR count). The van der Waals surface area contributed by atoms with Crippen LogP contribution in [0.1, 0.15) is 26.5 Å². The second-order valence-corrected chi connectivity index (χ2v) is 6.59. The molecule has 1 aliphatic rings. The minimum absolute atomic E-state index is 0.0236. The van der Waals surface area contributed by atoms with Crippen LogP contribution in [0.4, 0.5) is 0 Å². The number of ether oxygens (including phenoxy) is 1. The van der Waals surface area contributed by atoms with E-state index < -0.39 is 17.3 Å². The van der Waals surface area contributed by atoms with Gasteiger partial charge in [-0.05, 0) is 24.3 Å². The van der Waals surface area contributed by atoms with Crippen LogP contribution in [0.25, 0.3) is 5.52 Å². The Kier molecular flexibility index (Phi) is 4.38. The van der Waals surface area contributed by atoms with E-state index in [0.29, 0.717) is 24.5 Å². The number of pyridine rings is 2. The van der Waals surface area contributed by atoms with E-state index in [1.807, 2.05) is 34.9 Å². The first-order valence-electron chi connectivity index (χ1n) is 8.90. The van der Waals surface area contributed by atoms with Crippen LogP contribution in [0.3, 0.4) is 0 Å². The van der Waals surface area contributed by atoms with Crippen molar-refractivity contribution in [3.8, 4) is 5.75 Å². The van der Waals surface area contributed by atoms with Gasteiger partial charge < -0.3 is 23.7 Å². The fraction of sp³-hybridized carbons (Fsp3) is 0.250. The topological polar surface area (TPSA) is 93.2 Å². The zero-order valence-electron chi connectivity index (χ0n) is 15.3. The van der Waals surface area contributed by atoms with Gasteiger partial charge in [0.2, 0.25) is 0 Å². The summed E-state index contributed by atoms with van der Waals surface area (Å²) in [5, 5.41) is 10.1. The van der Waals surface area contributed by atoms with Gasteiger partial charge in [-0.1, -0.05) is 6.07 Å². The molecule has 1 aliphatic heterocycles. The molecule has 0 fully saturated rings. The summed E-state index contributed by atoms with van der Waals surface area (Å²) in [6.45, 7) is 0.858. The molecular weight excluding hydrogens is 362 g/mol. The normalized spacial score (nSPS) is 13.8. The third-order valence-electron chi connectivity index (χ3n) is 5.07. The molecule has 0 spiro atoms. The van der Waals surface area contributed by atoms with E-state index in [-0.39, 0.29) is 24.4 Å². The second-order valence-electron chi connectivity index (χ2n) is 6.59. The molecule has 144 valence electrons. The highest BCUT2D eigenvalue weighted by molar-refractivity contribution is 5.95. The largest absolute Gasteiger partial charge is 0.507 e. The van der Waals surface area contributed by atoms with Gasteiger partial charge in [-0.3, -0.25) is 9.59 Å². The molecule has 3 aromatic rings. The van der Waals surface area contributed by atoms with Gasteiger partial charge in [-0.25, -0.2) is 4.79 Å². The first kappa shape index (κ1) is 17.8. The Hall–Kier alpha value is -3.55. The summed E-state index contributed by atoms with van der Waals surface area (Å²) in [7, 11) is 1.22. The molecule has 3 aromatic heterocycles. The van der Waals surface area contributed by atoms with Gasteiger partial charge in [0.1, 0.15) is 17.0 Å². The molecule has 0 aromatic carbocycles. The van der Waals surface area contributed by atoms with Crippen molar-refractivity contribution in [3.05, 3.63) is 69.9 Å². The average molecular weight is 381 g/mol. The predicted molar refractivity (Wildman–Crippen MR) is 101 cm³/mol. The van der Waals surface area contributed by atoms with Crippen molar-refractivity contribution in [1.29, 1.82) is 0 Å². The van der Waals surface area contributed by atoms with Crippen molar-refractivity contribution in [2.75, 3.05) is 20.2 Å². The summed E-state index contributed by atoms with van der Waals surface area (Å²) >= 11 is 0. The maximum atomic E-state index is 13.1. The summed E-state index contributed by atoms with van der Waals surface area (Å²) in [6, 6.07) is 10.3. The van der Waals surface area contributed by atoms with Crippen LogP contribution >= 0.6 is 0 Å². The summed E-state index contributed by atoms with van der Waals surface area (Å²) in [5.74, 6) is -1.27. The maximum Gasteiger partial charge on any atom is 0.343 e. The van der Waals surface area contributed by atoms with Gasteiger partial charge in [0.25, 0.3) is 11.5 Å². The van der Waals surface area contributed by atoms with E-state index >= 15 is 0 Å². The zero-order valence-corrected chi connectivity index (χ0v) is 15.3. The molecule has 0 radical (unpaired) electrons. The van der Waals surface area contributed by atoms with Crippen molar-refractivity contribution in [1.82, 2.24) is 13.9 Å². The minimum atomic E-state index is -0.710. The van der Waals surface area contributed by atoms with E-state index in [9.17, 15) is 19.5 Å². The highest BCUT2D eigenvalue weighted by Crippen LogP contribution is 2.23. The van der Waals surface area contributed by atoms with Gasteiger partial charge in [0, 0.05) is 49.5 Å². The average Bonchev–Trinajstić information content (AvgIpc) is 2.99. The number of hydrogen-bond donors (Lipinski definition) is 1. The summed E-state index contributed by atoms with van der Waals surface area (Å²) in [6.07, 6.45) is 2.08. The van der Waals surface area contributed by atoms with Crippen LogP contribution in [0.2, 0.25) is 0 Å². The highest BCUT2D eigenvalue weighted by atomic mass is 16.5. The van der Waals surface area contributed by atoms with Crippen molar-refractivity contribution in [2.24, 2.45) is 0 Å². The first-order valence-corrected chi connectivity index (χ1v) is 8.90. The number of carbonyl (C=O) groups excluding carboxylic acids is 2. The molecule has 4 heterocycles.